The Bertz CT molecular complexity index is 424. The fourth-order valence-electron chi connectivity index (χ4n) is 1.27. The molecule has 94 valence electrons. The van der Waals surface area contributed by atoms with Crippen LogP contribution < -0.4 is 5.73 Å². The number of pyridine rings is 1. The molecule has 1 heterocycles. The van der Waals surface area contributed by atoms with E-state index in [1.54, 1.807) is 0 Å². The Morgan fingerprint density at radius 2 is 2.24 bits per heavy atom. The van der Waals surface area contributed by atoms with Crippen molar-refractivity contribution in [2.75, 3.05) is 7.11 Å². The maximum absolute atomic E-state index is 13.2. The third-order valence-electron chi connectivity index (χ3n) is 2.14. The van der Waals surface area contributed by atoms with Crippen LogP contribution in [0.15, 0.2) is 6.07 Å². The molecule has 0 atom stereocenters. The predicted octanol–water partition coefficient (Wildman–Crippen LogP) is 1.33. The number of hydrogen-bond donors (Lipinski definition) is 1. The van der Waals surface area contributed by atoms with Crippen LogP contribution in [0.2, 0.25) is 0 Å². The molecule has 0 aromatic carbocycles. The van der Waals surface area contributed by atoms with E-state index in [9.17, 15) is 18.0 Å². The van der Waals surface area contributed by atoms with Gasteiger partial charge in [0.25, 0.3) is 6.43 Å². The summed E-state index contributed by atoms with van der Waals surface area (Å²) in [6.45, 7) is -0.0975. The van der Waals surface area contributed by atoms with Crippen LogP contribution in [0.5, 0.6) is 0 Å². The van der Waals surface area contributed by atoms with Crippen LogP contribution in [0.4, 0.5) is 13.2 Å². The van der Waals surface area contributed by atoms with E-state index in [-0.39, 0.29) is 24.2 Å². The molecule has 0 aliphatic heterocycles. The molecule has 1 aromatic heterocycles. The van der Waals surface area contributed by atoms with Gasteiger partial charge in [-0.15, -0.1) is 0 Å². The van der Waals surface area contributed by atoms with Crippen molar-refractivity contribution in [1.82, 2.24) is 4.98 Å². The molecule has 0 aliphatic carbocycles. The number of hydrogen-bond acceptors (Lipinski definition) is 4. The first kappa shape index (κ1) is 13.4. The Balaban J connectivity index is 3.16. The number of carbonyl (C=O) groups excluding carboxylic acids is 1. The van der Waals surface area contributed by atoms with Gasteiger partial charge in [-0.2, -0.15) is 0 Å². The topological polar surface area (TPSA) is 65.2 Å². The molecule has 0 saturated heterocycles. The lowest BCUT2D eigenvalue weighted by atomic mass is 10.1. The van der Waals surface area contributed by atoms with Gasteiger partial charge in [0.2, 0.25) is 0 Å². The molecular weight excluding hydrogens is 237 g/mol. The molecule has 1 aromatic rings. The molecule has 1 rings (SSSR count). The second-order valence-corrected chi connectivity index (χ2v) is 3.22. The molecule has 4 nitrogen and oxygen atoms in total. The lowest BCUT2D eigenvalue weighted by Gasteiger charge is -2.09. The van der Waals surface area contributed by atoms with Crippen molar-refractivity contribution in [2.24, 2.45) is 5.73 Å². The lowest BCUT2D eigenvalue weighted by Crippen LogP contribution is -2.13. The minimum Gasteiger partial charge on any atom is -0.469 e. The molecule has 17 heavy (non-hydrogen) atoms. The van der Waals surface area contributed by atoms with Gasteiger partial charge in [0.1, 0.15) is 5.69 Å². The zero-order valence-corrected chi connectivity index (χ0v) is 9.04. The quantitative estimate of drug-likeness (QED) is 0.816. The number of ether oxygens (including phenoxy) is 1. The first-order chi connectivity index (χ1) is 7.99. The highest BCUT2D eigenvalue weighted by Gasteiger charge is 2.19. The highest BCUT2D eigenvalue weighted by molar-refractivity contribution is 5.72. The van der Waals surface area contributed by atoms with Crippen molar-refractivity contribution in [3.8, 4) is 0 Å². The zero-order valence-electron chi connectivity index (χ0n) is 9.04. The summed E-state index contributed by atoms with van der Waals surface area (Å²) >= 11 is 0. The normalized spacial score (nSPS) is 10.7. The van der Waals surface area contributed by atoms with Crippen LogP contribution in [0.1, 0.15) is 23.4 Å². The van der Waals surface area contributed by atoms with Crippen LogP contribution in [0, 0.1) is 5.82 Å². The molecule has 0 amide bonds. The third kappa shape index (κ3) is 3.16. The number of nitrogens with two attached hydrogens (primary N) is 1. The minimum atomic E-state index is -3.04. The van der Waals surface area contributed by atoms with E-state index in [0.29, 0.717) is 0 Å². The molecule has 0 bridgehead atoms. The second kappa shape index (κ2) is 5.62. The van der Waals surface area contributed by atoms with E-state index in [1.165, 1.54) is 0 Å². The van der Waals surface area contributed by atoms with Crippen molar-refractivity contribution in [3.63, 3.8) is 0 Å². The fourth-order valence-corrected chi connectivity index (χ4v) is 1.27. The Hall–Kier alpha value is -1.63. The molecule has 0 fully saturated rings. The summed E-state index contributed by atoms with van der Waals surface area (Å²) in [4.78, 5) is 14.5. The smallest absolute Gasteiger partial charge is 0.311 e. The monoisotopic (exact) mass is 248 g/mol. The van der Waals surface area contributed by atoms with Gasteiger partial charge in [0.15, 0.2) is 5.82 Å². The largest absolute Gasteiger partial charge is 0.469 e. The van der Waals surface area contributed by atoms with Crippen LogP contribution >= 0.6 is 0 Å². The molecule has 0 spiro atoms. The zero-order chi connectivity index (χ0) is 13.0. The molecule has 0 unspecified atom stereocenters. The number of halogens is 3. The lowest BCUT2D eigenvalue weighted by molar-refractivity contribution is -0.139. The van der Waals surface area contributed by atoms with Gasteiger partial charge in [-0.1, -0.05) is 0 Å². The maximum Gasteiger partial charge on any atom is 0.311 e. The highest BCUT2D eigenvalue weighted by atomic mass is 19.3. The van der Waals surface area contributed by atoms with Crippen molar-refractivity contribution in [3.05, 3.63) is 28.8 Å². The van der Waals surface area contributed by atoms with Gasteiger partial charge >= 0.3 is 5.97 Å². The van der Waals surface area contributed by atoms with E-state index in [1.807, 2.05) is 0 Å². The van der Waals surface area contributed by atoms with Gasteiger partial charge in [-0.25, -0.2) is 18.2 Å². The molecule has 2 N–H and O–H groups in total. The predicted molar refractivity (Wildman–Crippen MR) is 52.8 cm³/mol. The molecule has 7 heteroatoms. The Kier molecular flexibility index (Phi) is 4.45. The fraction of sp³-hybridized carbons (Fsp3) is 0.400. The number of methoxy groups -OCH3 is 1. The number of esters is 1. The summed E-state index contributed by atoms with van der Waals surface area (Å²) in [5, 5.41) is 0. The number of nitrogens with zero attached hydrogens (tertiary/aromatic N) is 1. The first-order valence-corrected chi connectivity index (χ1v) is 4.72. The van der Waals surface area contributed by atoms with E-state index in [4.69, 9.17) is 5.73 Å². The van der Waals surface area contributed by atoms with Crippen molar-refractivity contribution in [1.29, 1.82) is 0 Å². The van der Waals surface area contributed by atoms with Gasteiger partial charge < -0.3 is 10.5 Å². The summed E-state index contributed by atoms with van der Waals surface area (Å²) < 4.78 is 42.4. The molecular formula is C10H11F3N2O2. The highest BCUT2D eigenvalue weighted by Crippen LogP contribution is 2.22. The third-order valence-corrected chi connectivity index (χ3v) is 2.14. The Labute approximate surface area is 95.6 Å². The summed E-state index contributed by atoms with van der Waals surface area (Å²) in [5.41, 5.74) is 4.55. The second-order valence-electron chi connectivity index (χ2n) is 3.22. The molecule has 0 saturated carbocycles. The Morgan fingerprint density at radius 1 is 1.59 bits per heavy atom. The summed E-state index contributed by atoms with van der Waals surface area (Å²) in [7, 11) is 1.15. The van der Waals surface area contributed by atoms with Crippen LogP contribution in [0.25, 0.3) is 0 Å². The standard InChI is InChI=1S/C10H11F3N2O2/c1-17-8(16)3-7-5(4-14)2-6(11)9(15-7)10(12)13/h2,10H,3-4,14H2,1H3. The summed E-state index contributed by atoms with van der Waals surface area (Å²) in [6.07, 6.45) is -3.36. The number of carbonyl (C=O) groups is 1. The van der Waals surface area contributed by atoms with Crippen LogP contribution in [0.3, 0.4) is 0 Å². The van der Waals surface area contributed by atoms with Gasteiger partial charge in [0, 0.05) is 6.54 Å². The summed E-state index contributed by atoms with van der Waals surface area (Å²) in [5.74, 6) is -1.78. The van der Waals surface area contributed by atoms with Gasteiger partial charge in [-0.3, -0.25) is 4.79 Å². The first-order valence-electron chi connectivity index (χ1n) is 4.72. The number of aromatic nitrogens is 1. The minimum absolute atomic E-state index is 0.0102. The van der Waals surface area contributed by atoms with Gasteiger partial charge in [-0.05, 0) is 11.6 Å². The van der Waals surface area contributed by atoms with Crippen molar-refractivity contribution in [2.45, 2.75) is 19.4 Å². The van der Waals surface area contributed by atoms with Crippen LogP contribution in [-0.4, -0.2) is 18.1 Å². The van der Waals surface area contributed by atoms with Crippen LogP contribution in [-0.2, 0) is 22.5 Å². The van der Waals surface area contributed by atoms with Crippen molar-refractivity contribution < 1.29 is 22.7 Å². The average molecular weight is 248 g/mol. The van der Waals surface area contributed by atoms with E-state index < -0.39 is 23.9 Å². The SMILES string of the molecule is COC(=O)Cc1nc(C(F)F)c(F)cc1CN. The average Bonchev–Trinajstić information content (AvgIpc) is 2.30. The molecule has 0 aliphatic rings. The Morgan fingerprint density at radius 3 is 2.71 bits per heavy atom. The van der Waals surface area contributed by atoms with Crippen molar-refractivity contribution >= 4 is 5.97 Å². The number of alkyl halides is 2. The molecule has 0 radical (unpaired) electrons. The van der Waals surface area contributed by atoms with E-state index in [0.717, 1.165) is 13.2 Å². The van der Waals surface area contributed by atoms with E-state index >= 15 is 0 Å². The summed E-state index contributed by atoms with van der Waals surface area (Å²) in [6, 6.07) is 0.868. The van der Waals surface area contributed by atoms with E-state index in [2.05, 4.69) is 9.72 Å². The number of rotatable bonds is 4. The van der Waals surface area contributed by atoms with Gasteiger partial charge in [0.05, 0.1) is 19.2 Å². The maximum atomic E-state index is 13.2.